The molecular weight excluding hydrogens is 342 g/mol. The van der Waals surface area contributed by atoms with Gasteiger partial charge in [-0.25, -0.2) is 4.99 Å². The molecule has 0 spiro atoms. The number of aromatic nitrogens is 1. The van der Waals surface area contributed by atoms with Crippen LogP contribution < -0.4 is 5.32 Å². The van der Waals surface area contributed by atoms with Crippen LogP contribution in [0.3, 0.4) is 0 Å². The van der Waals surface area contributed by atoms with Gasteiger partial charge in [-0.3, -0.25) is 4.79 Å². The van der Waals surface area contributed by atoms with Crippen molar-refractivity contribution in [2.24, 2.45) is 4.99 Å². The molecule has 0 bridgehead atoms. The quantitative estimate of drug-likeness (QED) is 0.690. The number of aliphatic imine (C=N–C) groups is 1. The summed E-state index contributed by atoms with van der Waals surface area (Å²) < 4.78 is 2.05. The van der Waals surface area contributed by atoms with Gasteiger partial charge in [0.25, 0.3) is 5.91 Å². The zero-order valence-electron chi connectivity index (χ0n) is 14.2. The van der Waals surface area contributed by atoms with Gasteiger partial charge >= 0.3 is 0 Å². The van der Waals surface area contributed by atoms with Crippen molar-refractivity contribution in [1.82, 2.24) is 9.88 Å². The van der Waals surface area contributed by atoms with E-state index in [-0.39, 0.29) is 5.91 Å². The second-order valence-electron chi connectivity index (χ2n) is 5.91. The zero-order valence-corrected chi connectivity index (χ0v) is 15.0. The molecule has 3 aromatic rings. The van der Waals surface area contributed by atoms with Crippen LogP contribution in [0.15, 0.2) is 82.8 Å². The van der Waals surface area contributed by atoms with Gasteiger partial charge in [-0.05, 0) is 60.7 Å². The summed E-state index contributed by atoms with van der Waals surface area (Å²) in [7, 11) is 0. The van der Waals surface area contributed by atoms with Crippen molar-refractivity contribution in [3.8, 4) is 5.69 Å². The number of para-hydroxylation sites is 2. The molecule has 0 unspecified atom stereocenters. The van der Waals surface area contributed by atoms with E-state index in [0.717, 1.165) is 22.6 Å². The molecule has 1 aromatic heterocycles. The summed E-state index contributed by atoms with van der Waals surface area (Å²) in [5.41, 5.74) is 3.95. The van der Waals surface area contributed by atoms with Crippen molar-refractivity contribution >= 4 is 34.6 Å². The van der Waals surface area contributed by atoms with Crippen LogP contribution >= 0.6 is 11.8 Å². The number of hydrogen-bond acceptors (Lipinski definition) is 3. The van der Waals surface area contributed by atoms with Gasteiger partial charge in [0.15, 0.2) is 5.17 Å². The van der Waals surface area contributed by atoms with E-state index in [2.05, 4.69) is 14.9 Å². The third-order valence-corrected chi connectivity index (χ3v) is 4.99. The van der Waals surface area contributed by atoms with Crippen LogP contribution in [0.2, 0.25) is 0 Å². The lowest BCUT2D eigenvalue weighted by molar-refractivity contribution is -0.115. The molecule has 26 heavy (non-hydrogen) atoms. The monoisotopic (exact) mass is 359 g/mol. The van der Waals surface area contributed by atoms with E-state index < -0.39 is 0 Å². The Bertz CT molecular complexity index is 1020. The van der Waals surface area contributed by atoms with Crippen LogP contribution in [0.4, 0.5) is 5.69 Å². The second-order valence-corrected chi connectivity index (χ2v) is 6.94. The number of nitrogens with one attached hydrogen (secondary N) is 1. The predicted molar refractivity (Wildman–Crippen MR) is 108 cm³/mol. The zero-order chi connectivity index (χ0) is 17.9. The molecule has 1 amide bonds. The maximum Gasteiger partial charge on any atom is 0.264 e. The molecule has 0 aliphatic carbocycles. The Kier molecular flexibility index (Phi) is 4.46. The van der Waals surface area contributed by atoms with Crippen molar-refractivity contribution in [1.29, 1.82) is 0 Å². The maximum atomic E-state index is 12.3. The van der Waals surface area contributed by atoms with Gasteiger partial charge in [-0.1, -0.05) is 36.4 Å². The molecule has 4 rings (SSSR count). The fourth-order valence-corrected chi connectivity index (χ4v) is 3.57. The second kappa shape index (κ2) is 7.06. The third kappa shape index (κ3) is 3.34. The number of benzene rings is 2. The molecule has 1 saturated heterocycles. The summed E-state index contributed by atoms with van der Waals surface area (Å²) in [5.74, 6) is -0.122. The number of aryl methyl sites for hydroxylation is 1. The van der Waals surface area contributed by atoms with Gasteiger partial charge in [0.1, 0.15) is 0 Å². The van der Waals surface area contributed by atoms with Crippen LogP contribution in [0.5, 0.6) is 0 Å². The highest BCUT2D eigenvalue weighted by Gasteiger charge is 2.24. The number of carbonyl (C=O) groups is 1. The number of thioether (sulfide) groups is 1. The molecule has 0 atom stereocenters. The summed E-state index contributed by atoms with van der Waals surface area (Å²) in [6, 6.07) is 21.9. The minimum Gasteiger partial charge on any atom is -0.317 e. The van der Waals surface area contributed by atoms with Gasteiger partial charge in [-0.2, -0.15) is 0 Å². The molecule has 0 radical (unpaired) electrons. The van der Waals surface area contributed by atoms with E-state index in [1.807, 2.05) is 85.9 Å². The first-order valence-corrected chi connectivity index (χ1v) is 9.10. The summed E-state index contributed by atoms with van der Waals surface area (Å²) >= 11 is 1.36. The molecular formula is C21H17N3OS. The Labute approximate surface area is 156 Å². The van der Waals surface area contributed by atoms with Crippen molar-refractivity contribution < 1.29 is 4.79 Å². The maximum absolute atomic E-state index is 12.3. The van der Waals surface area contributed by atoms with Crippen LogP contribution in [-0.4, -0.2) is 15.6 Å². The minimum atomic E-state index is -0.122. The van der Waals surface area contributed by atoms with E-state index in [1.165, 1.54) is 11.8 Å². The van der Waals surface area contributed by atoms with E-state index in [1.54, 1.807) is 0 Å². The first-order valence-electron chi connectivity index (χ1n) is 8.29. The fourth-order valence-electron chi connectivity index (χ4n) is 2.75. The lowest BCUT2D eigenvalue weighted by Crippen LogP contribution is -2.19. The highest BCUT2D eigenvalue weighted by molar-refractivity contribution is 8.18. The van der Waals surface area contributed by atoms with Gasteiger partial charge < -0.3 is 9.88 Å². The first kappa shape index (κ1) is 16.4. The topological polar surface area (TPSA) is 46.4 Å². The van der Waals surface area contributed by atoms with Crippen molar-refractivity contribution in [2.45, 2.75) is 6.92 Å². The normalized spacial score (nSPS) is 17.0. The van der Waals surface area contributed by atoms with E-state index in [4.69, 9.17) is 0 Å². The van der Waals surface area contributed by atoms with Gasteiger partial charge in [-0.15, -0.1) is 0 Å². The van der Waals surface area contributed by atoms with Crippen molar-refractivity contribution in [2.75, 3.05) is 0 Å². The average molecular weight is 359 g/mol. The Morgan fingerprint density at radius 3 is 2.58 bits per heavy atom. The van der Waals surface area contributed by atoms with Crippen molar-refractivity contribution in [3.63, 3.8) is 0 Å². The molecule has 4 nitrogen and oxygen atoms in total. The van der Waals surface area contributed by atoms with Gasteiger partial charge in [0.2, 0.25) is 0 Å². The van der Waals surface area contributed by atoms with E-state index >= 15 is 0 Å². The van der Waals surface area contributed by atoms with Gasteiger partial charge in [0.05, 0.1) is 10.6 Å². The summed E-state index contributed by atoms with van der Waals surface area (Å²) in [5, 5.41) is 3.45. The van der Waals surface area contributed by atoms with Crippen LogP contribution in [0.1, 0.15) is 11.3 Å². The standard InChI is InChI=1S/C21H17N3OS/c1-15-8-5-6-12-18(15)22-21-23-20(25)19(26-21)14-17-11-7-13-24(17)16-9-3-2-4-10-16/h2-14H,1H3,(H,22,23,25)/b19-14-. The molecule has 1 aliphatic heterocycles. The predicted octanol–water partition coefficient (Wildman–Crippen LogP) is 4.68. The number of rotatable bonds is 3. The van der Waals surface area contributed by atoms with Crippen LogP contribution in [0.25, 0.3) is 11.8 Å². The first-order chi connectivity index (χ1) is 12.7. The summed E-state index contributed by atoms with van der Waals surface area (Å²) in [4.78, 5) is 17.5. The molecule has 0 saturated carbocycles. The largest absolute Gasteiger partial charge is 0.317 e. The third-order valence-electron chi connectivity index (χ3n) is 4.08. The summed E-state index contributed by atoms with van der Waals surface area (Å²) in [6.07, 6.45) is 3.88. The minimum absolute atomic E-state index is 0.122. The average Bonchev–Trinajstić information content (AvgIpc) is 3.25. The number of hydrogen-bond donors (Lipinski definition) is 1. The number of carbonyl (C=O) groups excluding carboxylic acids is 1. The number of nitrogens with zero attached hydrogens (tertiary/aromatic N) is 2. The van der Waals surface area contributed by atoms with Gasteiger partial charge in [0, 0.05) is 17.6 Å². The molecule has 1 fully saturated rings. The van der Waals surface area contributed by atoms with Crippen LogP contribution in [-0.2, 0) is 4.79 Å². The fraction of sp³-hybridized carbons (Fsp3) is 0.0476. The SMILES string of the molecule is Cc1ccccc1N=C1NC(=O)/C(=C/c2cccn2-c2ccccc2)S1. The lowest BCUT2D eigenvalue weighted by Gasteiger charge is -2.06. The molecule has 2 aromatic carbocycles. The highest BCUT2D eigenvalue weighted by atomic mass is 32.2. The Morgan fingerprint density at radius 2 is 1.77 bits per heavy atom. The van der Waals surface area contributed by atoms with Crippen LogP contribution in [0, 0.1) is 6.92 Å². The summed E-state index contributed by atoms with van der Waals surface area (Å²) in [6.45, 7) is 2.00. The molecule has 128 valence electrons. The lowest BCUT2D eigenvalue weighted by atomic mass is 10.2. The molecule has 2 heterocycles. The number of amidine groups is 1. The Hall–Kier alpha value is -3.05. The van der Waals surface area contributed by atoms with Crippen molar-refractivity contribution in [3.05, 3.63) is 89.1 Å². The molecule has 5 heteroatoms. The smallest absolute Gasteiger partial charge is 0.264 e. The number of amides is 1. The van der Waals surface area contributed by atoms with E-state index in [0.29, 0.717) is 10.1 Å². The highest BCUT2D eigenvalue weighted by Crippen LogP contribution is 2.29. The van der Waals surface area contributed by atoms with E-state index in [9.17, 15) is 4.79 Å². The Balaban J connectivity index is 1.63. The molecule has 1 aliphatic rings. The molecule has 1 N–H and O–H groups in total. The Morgan fingerprint density at radius 1 is 1.00 bits per heavy atom.